The van der Waals surface area contributed by atoms with Crippen molar-refractivity contribution in [3.63, 3.8) is 0 Å². The van der Waals surface area contributed by atoms with E-state index < -0.39 is 5.91 Å². The molecule has 1 N–H and O–H groups in total. The van der Waals surface area contributed by atoms with E-state index >= 15 is 0 Å². The number of pyridine rings is 1. The van der Waals surface area contributed by atoms with Gasteiger partial charge in [-0.15, -0.1) is 0 Å². The minimum atomic E-state index is -0.418. The molecule has 0 aliphatic heterocycles. The third kappa shape index (κ3) is 4.06. The molecule has 7 nitrogen and oxygen atoms in total. The van der Waals surface area contributed by atoms with E-state index in [1.54, 1.807) is 24.3 Å². The van der Waals surface area contributed by atoms with Gasteiger partial charge in [-0.2, -0.15) is 5.10 Å². The maximum atomic E-state index is 13.8. The van der Waals surface area contributed by atoms with Gasteiger partial charge in [0.1, 0.15) is 17.2 Å². The van der Waals surface area contributed by atoms with Gasteiger partial charge in [-0.05, 0) is 30.2 Å². The number of aryl methyl sites for hydroxylation is 1. The Bertz CT molecular complexity index is 1820. The molecule has 180 valence electrons. The van der Waals surface area contributed by atoms with Gasteiger partial charge in [0.05, 0.1) is 11.9 Å². The second-order valence-electron chi connectivity index (χ2n) is 8.86. The lowest BCUT2D eigenvalue weighted by Crippen LogP contribution is -2.28. The molecule has 3 aromatic carbocycles. The minimum absolute atomic E-state index is 0.174. The van der Waals surface area contributed by atoms with Crippen LogP contribution < -0.4 is 10.9 Å². The van der Waals surface area contributed by atoms with E-state index in [0.717, 1.165) is 22.3 Å². The molecule has 0 saturated heterocycles. The van der Waals surface area contributed by atoms with Crippen molar-refractivity contribution in [2.24, 2.45) is 0 Å². The summed E-state index contributed by atoms with van der Waals surface area (Å²) in [5.41, 5.74) is 4.13. The Kier molecular flexibility index (Phi) is 5.58. The smallest absolute Gasteiger partial charge is 0.277 e. The van der Waals surface area contributed by atoms with Gasteiger partial charge in [0.2, 0.25) is 0 Å². The van der Waals surface area contributed by atoms with Crippen LogP contribution in [-0.4, -0.2) is 25.1 Å². The molecule has 0 saturated carbocycles. The third-order valence-corrected chi connectivity index (χ3v) is 6.38. The van der Waals surface area contributed by atoms with Gasteiger partial charge < -0.3 is 5.32 Å². The normalized spacial score (nSPS) is 11.2. The zero-order valence-corrected chi connectivity index (χ0v) is 20.1. The van der Waals surface area contributed by atoms with E-state index in [2.05, 4.69) is 10.4 Å². The average molecular weight is 486 g/mol. The van der Waals surface area contributed by atoms with Crippen LogP contribution in [0.5, 0.6) is 0 Å². The molecule has 0 radical (unpaired) electrons. The van der Waals surface area contributed by atoms with Crippen LogP contribution in [-0.2, 0) is 6.54 Å². The number of fused-ring (bicyclic) bond motifs is 2. The molecule has 0 aliphatic carbocycles. The Balaban J connectivity index is 1.49. The molecular weight excluding hydrogens is 462 g/mol. The number of nitrogens with one attached hydrogen (secondary N) is 1. The molecule has 6 aromatic rings. The van der Waals surface area contributed by atoms with Gasteiger partial charge in [-0.25, -0.2) is 9.67 Å². The number of hydrogen-bond acceptors (Lipinski definition) is 4. The first kappa shape index (κ1) is 22.4. The standard InChI is InChI=1S/C30H23N5O2/c1-20-11-10-18-34-27(20)31-25(22-14-6-3-7-15-22)28(34)32-29(36)26-23-16-8-9-17-24(23)30(37)35(33-26)19-21-12-4-2-5-13-21/h2-18H,19H2,1H3,(H,32,36). The summed E-state index contributed by atoms with van der Waals surface area (Å²) in [4.78, 5) is 31.9. The van der Waals surface area contributed by atoms with E-state index in [0.29, 0.717) is 22.3 Å². The minimum Gasteiger partial charge on any atom is -0.304 e. The number of imidazole rings is 1. The summed E-state index contributed by atoms with van der Waals surface area (Å²) in [7, 11) is 0. The quantitative estimate of drug-likeness (QED) is 0.358. The summed E-state index contributed by atoms with van der Waals surface area (Å²) in [6, 6.07) is 30.3. The maximum Gasteiger partial charge on any atom is 0.277 e. The summed E-state index contributed by atoms with van der Waals surface area (Å²) in [6.45, 7) is 2.24. The second kappa shape index (κ2) is 9.20. The largest absolute Gasteiger partial charge is 0.304 e. The lowest BCUT2D eigenvalue weighted by Gasteiger charge is -2.12. The third-order valence-electron chi connectivity index (χ3n) is 6.38. The summed E-state index contributed by atoms with van der Waals surface area (Å²) < 4.78 is 3.22. The highest BCUT2D eigenvalue weighted by atomic mass is 16.2. The number of aromatic nitrogens is 4. The van der Waals surface area contributed by atoms with Crippen molar-refractivity contribution in [3.05, 3.63) is 130 Å². The van der Waals surface area contributed by atoms with E-state index in [4.69, 9.17) is 4.98 Å². The summed E-state index contributed by atoms with van der Waals surface area (Å²) in [5.74, 6) is 0.125. The van der Waals surface area contributed by atoms with Crippen molar-refractivity contribution >= 4 is 28.1 Å². The van der Waals surface area contributed by atoms with E-state index in [1.165, 1.54) is 4.68 Å². The number of rotatable bonds is 5. The molecule has 3 aromatic heterocycles. The molecule has 37 heavy (non-hydrogen) atoms. The Morgan fingerprint density at radius 2 is 1.51 bits per heavy atom. The van der Waals surface area contributed by atoms with Crippen molar-refractivity contribution in [2.75, 3.05) is 5.32 Å². The number of nitrogens with zero attached hydrogens (tertiary/aromatic N) is 4. The predicted octanol–water partition coefficient (Wildman–Crippen LogP) is 5.32. The summed E-state index contributed by atoms with van der Waals surface area (Å²) >= 11 is 0. The van der Waals surface area contributed by atoms with Gasteiger partial charge in [0, 0.05) is 17.1 Å². The van der Waals surface area contributed by atoms with E-state index in [1.807, 2.05) is 90.3 Å². The van der Waals surface area contributed by atoms with Crippen LogP contribution in [0.2, 0.25) is 0 Å². The summed E-state index contributed by atoms with van der Waals surface area (Å²) in [6.07, 6.45) is 1.87. The Labute approximate surface area is 212 Å². The molecule has 0 bridgehead atoms. The number of amides is 1. The fourth-order valence-electron chi connectivity index (χ4n) is 4.55. The molecule has 0 spiro atoms. The molecular formula is C30H23N5O2. The van der Waals surface area contributed by atoms with Crippen LogP contribution in [0.25, 0.3) is 27.7 Å². The number of carbonyl (C=O) groups is 1. The number of hydrogen-bond donors (Lipinski definition) is 1. The molecule has 0 fully saturated rings. The monoisotopic (exact) mass is 485 g/mol. The van der Waals surface area contributed by atoms with Crippen molar-refractivity contribution in [1.29, 1.82) is 0 Å². The first-order chi connectivity index (χ1) is 18.1. The van der Waals surface area contributed by atoms with Gasteiger partial charge in [0.15, 0.2) is 5.69 Å². The van der Waals surface area contributed by atoms with E-state index in [-0.39, 0.29) is 17.8 Å². The fraction of sp³-hybridized carbons (Fsp3) is 0.0667. The molecule has 0 unspecified atom stereocenters. The van der Waals surface area contributed by atoms with Crippen LogP contribution in [0.3, 0.4) is 0 Å². The second-order valence-corrected chi connectivity index (χ2v) is 8.86. The van der Waals surface area contributed by atoms with E-state index in [9.17, 15) is 9.59 Å². The van der Waals surface area contributed by atoms with Crippen molar-refractivity contribution < 1.29 is 4.79 Å². The molecule has 1 amide bonds. The molecule has 6 rings (SSSR count). The topological polar surface area (TPSA) is 81.3 Å². The number of carbonyl (C=O) groups excluding carboxylic acids is 1. The Morgan fingerprint density at radius 1 is 0.838 bits per heavy atom. The molecule has 0 atom stereocenters. The highest BCUT2D eigenvalue weighted by Gasteiger charge is 2.22. The lowest BCUT2D eigenvalue weighted by molar-refractivity contribution is 0.102. The van der Waals surface area contributed by atoms with Crippen LogP contribution in [0.1, 0.15) is 21.6 Å². The van der Waals surface area contributed by atoms with Gasteiger partial charge >= 0.3 is 0 Å². The molecule has 3 heterocycles. The predicted molar refractivity (Wildman–Crippen MR) is 145 cm³/mol. The van der Waals surface area contributed by atoms with Crippen molar-refractivity contribution in [2.45, 2.75) is 13.5 Å². The van der Waals surface area contributed by atoms with Crippen molar-refractivity contribution in [3.8, 4) is 11.3 Å². The first-order valence-corrected chi connectivity index (χ1v) is 12.0. The zero-order valence-electron chi connectivity index (χ0n) is 20.1. The van der Waals surface area contributed by atoms with Crippen molar-refractivity contribution in [1.82, 2.24) is 19.2 Å². The summed E-state index contributed by atoms with van der Waals surface area (Å²) in [5, 5.41) is 8.54. The lowest BCUT2D eigenvalue weighted by atomic mass is 10.1. The highest BCUT2D eigenvalue weighted by Crippen LogP contribution is 2.30. The number of anilines is 1. The van der Waals surface area contributed by atoms with Gasteiger partial charge in [-0.1, -0.05) is 84.9 Å². The average Bonchev–Trinajstić information content (AvgIpc) is 3.31. The molecule has 0 aliphatic rings. The van der Waals surface area contributed by atoms with Crippen LogP contribution in [0.4, 0.5) is 5.82 Å². The maximum absolute atomic E-state index is 13.8. The van der Waals surface area contributed by atoms with Crippen LogP contribution in [0, 0.1) is 6.92 Å². The van der Waals surface area contributed by atoms with Gasteiger partial charge in [0.25, 0.3) is 11.5 Å². The Hall–Kier alpha value is -5.04. The van der Waals surface area contributed by atoms with Crippen LogP contribution in [0.15, 0.2) is 108 Å². The first-order valence-electron chi connectivity index (χ1n) is 12.0. The zero-order chi connectivity index (χ0) is 25.4. The highest BCUT2D eigenvalue weighted by molar-refractivity contribution is 6.12. The van der Waals surface area contributed by atoms with Crippen LogP contribution >= 0.6 is 0 Å². The van der Waals surface area contributed by atoms with Gasteiger partial charge in [-0.3, -0.25) is 14.0 Å². The SMILES string of the molecule is Cc1cccn2c(NC(=O)c3nn(Cc4ccccc4)c(=O)c4ccccc34)c(-c3ccccc3)nc12. The molecule has 7 heteroatoms. The Morgan fingerprint density at radius 3 is 2.27 bits per heavy atom. The fourth-order valence-corrected chi connectivity index (χ4v) is 4.55. The number of benzene rings is 3.